The molecule has 1 unspecified atom stereocenters. The molecule has 0 aliphatic rings. The topological polar surface area (TPSA) is 60.5 Å². The van der Waals surface area contributed by atoms with E-state index in [-0.39, 0.29) is 18.1 Å². The number of aromatic nitrogens is 1. The Labute approximate surface area is 162 Å². The minimum absolute atomic E-state index is 0.127. The molecule has 1 amide bonds. The highest BCUT2D eigenvalue weighted by molar-refractivity contribution is 5.95. The molecule has 1 N–H and O–H groups in total. The number of amides is 1. The first-order valence-electron chi connectivity index (χ1n) is 9.33. The largest absolute Gasteiger partial charge is 0.496 e. The maximum Gasteiger partial charge on any atom is 0.253 e. The highest BCUT2D eigenvalue weighted by Gasteiger charge is 2.13. The van der Waals surface area contributed by atoms with Gasteiger partial charge in [0, 0.05) is 17.8 Å². The summed E-state index contributed by atoms with van der Waals surface area (Å²) in [6.07, 6.45) is 1.13. The van der Waals surface area contributed by atoms with Gasteiger partial charge in [-0.1, -0.05) is 12.1 Å². The number of rotatable bonds is 8. The molecule has 1 heterocycles. The zero-order valence-electron chi connectivity index (χ0n) is 17.1. The van der Waals surface area contributed by atoms with Crippen molar-refractivity contribution in [1.29, 1.82) is 0 Å². The molecule has 146 valence electrons. The number of ether oxygens (including phenoxy) is 2. The van der Waals surface area contributed by atoms with Gasteiger partial charge in [0.25, 0.3) is 5.91 Å². The predicted octanol–water partition coefficient (Wildman–Crippen LogP) is 3.99. The van der Waals surface area contributed by atoms with Crippen LogP contribution >= 0.6 is 0 Å². The minimum atomic E-state index is -0.135. The zero-order chi connectivity index (χ0) is 20.0. The number of nitrogens with zero attached hydrogens (tertiary/aromatic N) is 1. The number of pyridine rings is 1. The third-order valence-electron chi connectivity index (χ3n) is 4.28. The fourth-order valence-corrected chi connectivity index (χ4v) is 3.14. The first kappa shape index (κ1) is 20.9. The van der Waals surface area contributed by atoms with Crippen molar-refractivity contribution in [2.45, 2.75) is 59.8 Å². The van der Waals surface area contributed by atoms with E-state index >= 15 is 0 Å². The number of carbonyl (C=O) groups excluding carboxylic acids is 1. The van der Waals surface area contributed by atoms with Crippen LogP contribution in [0.15, 0.2) is 30.3 Å². The Balaban J connectivity index is 2.09. The molecule has 5 heteroatoms. The van der Waals surface area contributed by atoms with Crippen molar-refractivity contribution in [2.24, 2.45) is 0 Å². The van der Waals surface area contributed by atoms with Crippen LogP contribution in [0.1, 0.15) is 53.6 Å². The zero-order valence-corrected chi connectivity index (χ0v) is 17.1. The molecule has 1 aromatic heterocycles. The Bertz CT molecular complexity index is 787. The fraction of sp³-hybridized carbons (Fsp3) is 0.455. The van der Waals surface area contributed by atoms with Crippen molar-refractivity contribution in [3.8, 4) is 5.75 Å². The highest BCUT2D eigenvalue weighted by Crippen LogP contribution is 2.21. The number of hydrogen-bond donors (Lipinski definition) is 1. The van der Waals surface area contributed by atoms with E-state index in [4.69, 9.17) is 9.47 Å². The molecule has 1 atom stereocenters. The Kier molecular flexibility index (Phi) is 7.36. The van der Waals surface area contributed by atoms with E-state index in [2.05, 4.69) is 23.3 Å². The number of methoxy groups -OCH3 is 1. The SMILES string of the molecule is COc1ccc(CC(C)OC(C)C)cc1CNC(=O)c1ccc(C)nc1C. The molecule has 0 fully saturated rings. The summed E-state index contributed by atoms with van der Waals surface area (Å²) in [5.74, 6) is 0.624. The van der Waals surface area contributed by atoms with E-state index in [9.17, 15) is 4.79 Å². The molecule has 2 rings (SSSR count). The lowest BCUT2D eigenvalue weighted by atomic mass is 10.0. The average molecular weight is 370 g/mol. The molecule has 0 bridgehead atoms. The fourth-order valence-electron chi connectivity index (χ4n) is 3.14. The second-order valence-electron chi connectivity index (χ2n) is 7.11. The maximum absolute atomic E-state index is 12.5. The molecule has 0 aliphatic carbocycles. The molecular formula is C22H30N2O3. The van der Waals surface area contributed by atoms with Crippen molar-refractivity contribution in [1.82, 2.24) is 10.3 Å². The van der Waals surface area contributed by atoms with Gasteiger partial charge in [0.15, 0.2) is 0 Å². The van der Waals surface area contributed by atoms with Crippen molar-refractivity contribution in [3.05, 3.63) is 58.4 Å². The van der Waals surface area contributed by atoms with Gasteiger partial charge in [-0.25, -0.2) is 0 Å². The quantitative estimate of drug-likeness (QED) is 0.763. The monoisotopic (exact) mass is 370 g/mol. The van der Waals surface area contributed by atoms with Crippen molar-refractivity contribution in [2.75, 3.05) is 7.11 Å². The summed E-state index contributed by atoms with van der Waals surface area (Å²) < 4.78 is 11.3. The molecule has 5 nitrogen and oxygen atoms in total. The lowest BCUT2D eigenvalue weighted by molar-refractivity contribution is 0.0194. The molecule has 0 saturated heterocycles. The lowest BCUT2D eigenvalue weighted by Crippen LogP contribution is -2.24. The molecular weight excluding hydrogens is 340 g/mol. The molecule has 27 heavy (non-hydrogen) atoms. The van der Waals surface area contributed by atoms with E-state index in [0.29, 0.717) is 12.1 Å². The maximum atomic E-state index is 12.5. The van der Waals surface area contributed by atoms with Gasteiger partial charge >= 0.3 is 0 Å². The molecule has 2 aromatic rings. The average Bonchev–Trinajstić information content (AvgIpc) is 2.59. The Morgan fingerprint density at radius 1 is 1.15 bits per heavy atom. The van der Waals surface area contributed by atoms with E-state index in [1.165, 1.54) is 0 Å². The van der Waals surface area contributed by atoms with Crippen molar-refractivity contribution < 1.29 is 14.3 Å². The molecule has 0 aliphatic heterocycles. The third kappa shape index (κ3) is 6.07. The molecule has 1 aromatic carbocycles. The van der Waals surface area contributed by atoms with Crippen LogP contribution in [0, 0.1) is 13.8 Å². The second-order valence-corrected chi connectivity index (χ2v) is 7.11. The molecule has 0 saturated carbocycles. The standard InChI is InChI=1S/C22H30N2O3/c1-14(2)27-16(4)11-18-8-10-21(26-6)19(12-18)13-23-22(25)20-9-7-15(3)24-17(20)5/h7-10,12,14,16H,11,13H2,1-6H3,(H,23,25). The Morgan fingerprint density at radius 3 is 2.52 bits per heavy atom. The van der Waals surface area contributed by atoms with Crippen molar-refractivity contribution in [3.63, 3.8) is 0 Å². The van der Waals surface area contributed by atoms with Gasteiger partial charge in [0.2, 0.25) is 0 Å². The smallest absolute Gasteiger partial charge is 0.253 e. The van der Waals surface area contributed by atoms with Gasteiger partial charge in [-0.2, -0.15) is 0 Å². The number of carbonyl (C=O) groups is 1. The summed E-state index contributed by atoms with van der Waals surface area (Å²) in [6, 6.07) is 9.71. The van der Waals surface area contributed by atoms with Crippen LogP contribution in [0.5, 0.6) is 5.75 Å². The van der Waals surface area contributed by atoms with Crippen molar-refractivity contribution >= 4 is 5.91 Å². The molecule has 0 spiro atoms. The van der Waals surface area contributed by atoms with Crippen LogP contribution in [0.4, 0.5) is 0 Å². The summed E-state index contributed by atoms with van der Waals surface area (Å²) in [5, 5.41) is 2.97. The minimum Gasteiger partial charge on any atom is -0.496 e. The van der Waals surface area contributed by atoms with Gasteiger partial charge in [0.05, 0.1) is 30.6 Å². The van der Waals surface area contributed by atoms with Gasteiger partial charge in [-0.05, 0) is 64.8 Å². The summed E-state index contributed by atoms with van der Waals surface area (Å²) in [4.78, 5) is 16.9. The van der Waals surface area contributed by atoms with Crippen LogP contribution in [0.25, 0.3) is 0 Å². The van der Waals surface area contributed by atoms with Crippen LogP contribution in [-0.4, -0.2) is 30.2 Å². The molecule has 0 radical (unpaired) electrons. The van der Waals surface area contributed by atoms with Gasteiger partial charge in [-0.3, -0.25) is 9.78 Å². The first-order chi connectivity index (χ1) is 12.8. The van der Waals surface area contributed by atoms with Crippen LogP contribution in [-0.2, 0) is 17.7 Å². The third-order valence-corrected chi connectivity index (χ3v) is 4.28. The van der Waals surface area contributed by atoms with E-state index in [1.807, 2.05) is 52.0 Å². The normalized spacial score (nSPS) is 12.1. The second kappa shape index (κ2) is 9.51. The lowest BCUT2D eigenvalue weighted by Gasteiger charge is -2.17. The van der Waals surface area contributed by atoms with E-state index in [1.54, 1.807) is 7.11 Å². The van der Waals surface area contributed by atoms with Crippen LogP contribution < -0.4 is 10.1 Å². The van der Waals surface area contributed by atoms with Gasteiger partial charge in [0.1, 0.15) is 5.75 Å². The Morgan fingerprint density at radius 2 is 1.89 bits per heavy atom. The summed E-state index contributed by atoms with van der Waals surface area (Å²) in [6.45, 7) is 10.3. The number of benzene rings is 1. The number of aryl methyl sites for hydroxylation is 2. The van der Waals surface area contributed by atoms with Gasteiger partial charge in [-0.15, -0.1) is 0 Å². The highest BCUT2D eigenvalue weighted by atomic mass is 16.5. The summed E-state index contributed by atoms with van der Waals surface area (Å²) >= 11 is 0. The van der Waals surface area contributed by atoms with E-state index in [0.717, 1.165) is 34.7 Å². The number of hydrogen-bond acceptors (Lipinski definition) is 4. The predicted molar refractivity (Wildman–Crippen MR) is 107 cm³/mol. The van der Waals surface area contributed by atoms with Crippen LogP contribution in [0.2, 0.25) is 0 Å². The summed E-state index contributed by atoms with van der Waals surface area (Å²) in [5.41, 5.74) is 4.32. The summed E-state index contributed by atoms with van der Waals surface area (Å²) in [7, 11) is 1.64. The number of nitrogens with one attached hydrogen (secondary N) is 1. The first-order valence-corrected chi connectivity index (χ1v) is 9.33. The Hall–Kier alpha value is -2.40. The van der Waals surface area contributed by atoms with Gasteiger partial charge < -0.3 is 14.8 Å². The van der Waals surface area contributed by atoms with E-state index < -0.39 is 0 Å². The van der Waals surface area contributed by atoms with Crippen LogP contribution in [0.3, 0.4) is 0 Å².